The van der Waals surface area contributed by atoms with Gasteiger partial charge in [0.05, 0.1) is 17.9 Å². The van der Waals surface area contributed by atoms with E-state index in [0.29, 0.717) is 18.7 Å². The van der Waals surface area contributed by atoms with Gasteiger partial charge in [-0.05, 0) is 38.1 Å². The monoisotopic (exact) mass is 322 g/mol. The maximum absolute atomic E-state index is 12.8. The lowest BCUT2D eigenvalue weighted by molar-refractivity contribution is 0.0706. The number of aryl methyl sites for hydroxylation is 2. The highest BCUT2D eigenvalue weighted by Crippen LogP contribution is 2.17. The fourth-order valence-corrected chi connectivity index (χ4v) is 3.00. The number of hydrogen-bond donors (Lipinski definition) is 0. The van der Waals surface area contributed by atoms with Gasteiger partial charge in [0.1, 0.15) is 5.82 Å². The van der Waals surface area contributed by atoms with Gasteiger partial charge < -0.3 is 9.47 Å². The summed E-state index contributed by atoms with van der Waals surface area (Å²) < 4.78 is 3.84. The Labute approximate surface area is 139 Å². The van der Waals surface area contributed by atoms with Gasteiger partial charge in [-0.15, -0.1) is 10.2 Å². The molecule has 4 rings (SSSR count). The molecule has 2 aromatic heterocycles. The Hall–Kier alpha value is -2.96. The number of nitrogens with zero attached hydrogens (tertiary/aromatic N) is 6. The molecule has 1 aromatic carbocycles. The summed E-state index contributed by atoms with van der Waals surface area (Å²) >= 11 is 0. The number of fused-ring (bicyclic) bond motifs is 1. The second kappa shape index (κ2) is 5.59. The van der Waals surface area contributed by atoms with E-state index in [-0.39, 0.29) is 5.91 Å². The van der Waals surface area contributed by atoms with E-state index < -0.39 is 0 Å². The van der Waals surface area contributed by atoms with Gasteiger partial charge in [-0.25, -0.2) is 4.68 Å². The highest BCUT2D eigenvalue weighted by atomic mass is 16.2. The average molecular weight is 322 g/mol. The van der Waals surface area contributed by atoms with Gasteiger partial charge in [0, 0.05) is 24.8 Å². The molecule has 1 aliphatic heterocycles. The standard InChI is InChI=1S/C17H18N6O/c1-12-6-7-23(20-12)15-5-3-4-14(10-15)17(24)21-8-9-22-13(2)18-19-16(22)11-21/h3-7,10H,8-9,11H2,1-2H3. The van der Waals surface area contributed by atoms with E-state index in [9.17, 15) is 4.79 Å². The molecule has 3 heterocycles. The summed E-state index contributed by atoms with van der Waals surface area (Å²) in [6.07, 6.45) is 1.89. The van der Waals surface area contributed by atoms with Crippen molar-refractivity contribution >= 4 is 5.91 Å². The van der Waals surface area contributed by atoms with Gasteiger partial charge in [0.2, 0.25) is 0 Å². The third kappa shape index (κ3) is 2.47. The lowest BCUT2D eigenvalue weighted by Gasteiger charge is -2.27. The van der Waals surface area contributed by atoms with Crippen molar-refractivity contribution in [1.82, 2.24) is 29.4 Å². The third-order valence-corrected chi connectivity index (χ3v) is 4.31. The average Bonchev–Trinajstić information content (AvgIpc) is 3.20. The van der Waals surface area contributed by atoms with Gasteiger partial charge in [-0.1, -0.05) is 6.07 Å². The smallest absolute Gasteiger partial charge is 0.254 e. The van der Waals surface area contributed by atoms with E-state index >= 15 is 0 Å². The van der Waals surface area contributed by atoms with Crippen molar-refractivity contribution in [2.24, 2.45) is 0 Å². The highest BCUT2D eigenvalue weighted by Gasteiger charge is 2.24. The van der Waals surface area contributed by atoms with Gasteiger partial charge in [-0.3, -0.25) is 4.79 Å². The van der Waals surface area contributed by atoms with Crippen molar-refractivity contribution < 1.29 is 4.79 Å². The van der Waals surface area contributed by atoms with E-state index in [1.807, 2.05) is 55.3 Å². The van der Waals surface area contributed by atoms with Crippen LogP contribution in [-0.4, -0.2) is 41.9 Å². The molecule has 0 saturated carbocycles. The zero-order valence-electron chi connectivity index (χ0n) is 13.7. The number of rotatable bonds is 2. The molecule has 3 aromatic rings. The van der Waals surface area contributed by atoms with E-state index in [1.165, 1.54) is 0 Å². The van der Waals surface area contributed by atoms with E-state index in [0.717, 1.165) is 29.6 Å². The Bertz CT molecular complexity index is 909. The quantitative estimate of drug-likeness (QED) is 0.720. The van der Waals surface area contributed by atoms with Gasteiger partial charge in [-0.2, -0.15) is 5.10 Å². The van der Waals surface area contributed by atoms with Crippen LogP contribution in [0.3, 0.4) is 0 Å². The number of amides is 1. The van der Waals surface area contributed by atoms with Crippen LogP contribution in [-0.2, 0) is 13.1 Å². The maximum atomic E-state index is 12.8. The molecule has 0 spiro atoms. The fraction of sp³-hybridized carbons (Fsp3) is 0.294. The lowest BCUT2D eigenvalue weighted by Crippen LogP contribution is -2.38. The Morgan fingerprint density at radius 1 is 1.12 bits per heavy atom. The van der Waals surface area contributed by atoms with Crippen LogP contribution in [0.15, 0.2) is 36.5 Å². The summed E-state index contributed by atoms with van der Waals surface area (Å²) in [5, 5.41) is 12.6. The van der Waals surface area contributed by atoms with Crippen LogP contribution in [0.1, 0.15) is 27.7 Å². The summed E-state index contributed by atoms with van der Waals surface area (Å²) in [6, 6.07) is 9.48. The normalized spacial score (nSPS) is 13.8. The fourth-order valence-electron chi connectivity index (χ4n) is 3.00. The molecule has 24 heavy (non-hydrogen) atoms. The number of aromatic nitrogens is 5. The molecule has 0 bridgehead atoms. The molecule has 0 atom stereocenters. The largest absolute Gasteiger partial charge is 0.329 e. The van der Waals surface area contributed by atoms with Crippen molar-refractivity contribution in [2.75, 3.05) is 6.54 Å². The number of carbonyl (C=O) groups is 1. The number of benzene rings is 1. The summed E-state index contributed by atoms with van der Waals surface area (Å²) in [5.41, 5.74) is 2.48. The third-order valence-electron chi connectivity index (χ3n) is 4.31. The molecular weight excluding hydrogens is 304 g/mol. The van der Waals surface area contributed by atoms with Crippen molar-refractivity contribution in [2.45, 2.75) is 26.9 Å². The molecule has 0 radical (unpaired) electrons. The molecule has 122 valence electrons. The summed E-state index contributed by atoms with van der Waals surface area (Å²) in [6.45, 7) is 5.76. The summed E-state index contributed by atoms with van der Waals surface area (Å²) in [5.74, 6) is 1.74. The number of hydrogen-bond acceptors (Lipinski definition) is 4. The SMILES string of the molecule is Cc1ccn(-c2cccc(C(=O)N3CCn4c(C)nnc4C3)c2)n1. The van der Waals surface area contributed by atoms with E-state index in [2.05, 4.69) is 19.9 Å². The molecule has 7 heteroatoms. The Morgan fingerprint density at radius 3 is 2.79 bits per heavy atom. The number of carbonyl (C=O) groups excluding carboxylic acids is 1. The molecule has 7 nitrogen and oxygen atoms in total. The van der Waals surface area contributed by atoms with Crippen LogP contribution in [0.25, 0.3) is 5.69 Å². The minimum Gasteiger partial charge on any atom is -0.329 e. The summed E-state index contributed by atoms with van der Waals surface area (Å²) in [7, 11) is 0. The molecule has 1 aliphatic rings. The Kier molecular flexibility index (Phi) is 3.41. The zero-order valence-corrected chi connectivity index (χ0v) is 13.7. The second-order valence-corrected chi connectivity index (χ2v) is 5.99. The van der Waals surface area contributed by atoms with Crippen LogP contribution in [0, 0.1) is 13.8 Å². The maximum Gasteiger partial charge on any atom is 0.254 e. The van der Waals surface area contributed by atoms with E-state index in [1.54, 1.807) is 4.68 Å². The zero-order chi connectivity index (χ0) is 16.7. The van der Waals surface area contributed by atoms with Crippen LogP contribution in [0.5, 0.6) is 0 Å². The molecule has 0 fully saturated rings. The summed E-state index contributed by atoms with van der Waals surface area (Å²) in [4.78, 5) is 14.7. The second-order valence-electron chi connectivity index (χ2n) is 5.99. The van der Waals surface area contributed by atoms with Crippen molar-refractivity contribution in [1.29, 1.82) is 0 Å². The minimum atomic E-state index is 0.00707. The van der Waals surface area contributed by atoms with Crippen molar-refractivity contribution in [3.8, 4) is 5.69 Å². The van der Waals surface area contributed by atoms with Crippen LogP contribution >= 0.6 is 0 Å². The highest BCUT2D eigenvalue weighted by molar-refractivity contribution is 5.94. The molecular formula is C17H18N6O. The van der Waals surface area contributed by atoms with Crippen LogP contribution in [0.2, 0.25) is 0 Å². The Balaban J connectivity index is 1.59. The molecule has 0 aliphatic carbocycles. The van der Waals surface area contributed by atoms with Crippen LogP contribution < -0.4 is 0 Å². The Morgan fingerprint density at radius 2 is 2.00 bits per heavy atom. The first-order valence-corrected chi connectivity index (χ1v) is 7.92. The minimum absolute atomic E-state index is 0.00707. The van der Waals surface area contributed by atoms with Crippen LogP contribution in [0.4, 0.5) is 0 Å². The predicted octanol–water partition coefficient (Wildman–Crippen LogP) is 1.74. The van der Waals surface area contributed by atoms with Gasteiger partial charge in [0.25, 0.3) is 5.91 Å². The van der Waals surface area contributed by atoms with Gasteiger partial charge in [0.15, 0.2) is 5.82 Å². The lowest BCUT2D eigenvalue weighted by atomic mass is 10.1. The molecule has 1 amide bonds. The first-order chi connectivity index (χ1) is 11.6. The predicted molar refractivity (Wildman–Crippen MR) is 87.8 cm³/mol. The first kappa shape index (κ1) is 14.6. The van der Waals surface area contributed by atoms with Gasteiger partial charge >= 0.3 is 0 Å². The molecule has 0 unspecified atom stereocenters. The first-order valence-electron chi connectivity index (χ1n) is 7.92. The molecule has 0 saturated heterocycles. The van der Waals surface area contributed by atoms with E-state index in [4.69, 9.17) is 0 Å². The van der Waals surface area contributed by atoms with Crippen molar-refractivity contribution in [3.05, 3.63) is 59.4 Å². The van der Waals surface area contributed by atoms with Crippen molar-refractivity contribution in [3.63, 3.8) is 0 Å². The topological polar surface area (TPSA) is 68.8 Å². The molecule has 0 N–H and O–H groups in total.